The third-order valence-corrected chi connectivity index (χ3v) is 7.11. The molecule has 0 radical (unpaired) electrons. The van der Waals surface area contributed by atoms with Crippen LogP contribution in [-0.2, 0) is 11.3 Å². The van der Waals surface area contributed by atoms with Gasteiger partial charge in [0.1, 0.15) is 16.9 Å². The van der Waals surface area contributed by atoms with Crippen molar-refractivity contribution in [1.29, 1.82) is 0 Å². The van der Waals surface area contributed by atoms with Crippen LogP contribution in [0.25, 0.3) is 27.9 Å². The van der Waals surface area contributed by atoms with Gasteiger partial charge in [0.05, 0.1) is 25.5 Å². The van der Waals surface area contributed by atoms with Crippen molar-refractivity contribution >= 4 is 28.4 Å². The molecule has 5 heterocycles. The Labute approximate surface area is 194 Å². The number of aromatic nitrogens is 6. The van der Waals surface area contributed by atoms with Crippen molar-refractivity contribution in [2.45, 2.75) is 51.6 Å². The summed E-state index contributed by atoms with van der Waals surface area (Å²) in [5.41, 5.74) is 9.69. The first-order chi connectivity index (χ1) is 16.4. The third kappa shape index (κ3) is 3.54. The molecule has 0 amide bonds. The minimum Gasteiger partial charge on any atom is -0.382 e. The van der Waals surface area contributed by atoms with Gasteiger partial charge in [-0.1, -0.05) is 0 Å². The van der Waals surface area contributed by atoms with Gasteiger partial charge >= 0.3 is 0 Å². The number of imidazole rings is 1. The van der Waals surface area contributed by atoms with Gasteiger partial charge in [-0.05, 0) is 50.8 Å². The summed E-state index contributed by atoms with van der Waals surface area (Å²) in [5, 5.41) is 8.05. The molecule has 1 saturated carbocycles. The Morgan fingerprint density at radius 3 is 2.68 bits per heavy atom. The fraction of sp³-hybridized carbons (Fsp3) is 0.478. The van der Waals surface area contributed by atoms with Gasteiger partial charge in [0.2, 0.25) is 5.95 Å². The fourth-order valence-corrected chi connectivity index (χ4v) is 5.18. The zero-order valence-electron chi connectivity index (χ0n) is 18.8. The number of pyridine rings is 1. The highest BCUT2D eigenvalue weighted by atomic mass is 19.3. The first-order valence-corrected chi connectivity index (χ1v) is 11.5. The smallest absolute Gasteiger partial charge is 0.256 e. The van der Waals surface area contributed by atoms with E-state index >= 15 is 0 Å². The average Bonchev–Trinajstić information content (AvgIpc) is 3.34. The van der Waals surface area contributed by atoms with Gasteiger partial charge in [0, 0.05) is 23.2 Å². The third-order valence-electron chi connectivity index (χ3n) is 7.11. The Bertz CT molecular complexity index is 1370. The standard InChI is InChI=1S/C23H26F2N8O/c1-13-27-17-3-2-16(29-21(17)32(13)10-18(24)25)15-6-9-33-19(15)20(26)30-22(31-33)28-14-4-7-23(8-5-14)11-34-12-23/h2-3,6,9,14,18H,4-5,7-8,10-12H2,1H3,(H3,26,28,30,31). The van der Waals surface area contributed by atoms with Crippen LogP contribution >= 0.6 is 0 Å². The molecule has 6 rings (SSSR count). The summed E-state index contributed by atoms with van der Waals surface area (Å²) in [7, 11) is 0. The molecule has 4 aromatic rings. The number of rotatable bonds is 5. The SMILES string of the molecule is Cc1nc2ccc(-c3ccn4nc(NC5CCC6(CC5)COC6)nc(N)c34)nc2n1CC(F)F. The molecule has 1 saturated heterocycles. The summed E-state index contributed by atoms with van der Waals surface area (Å²) in [6, 6.07) is 5.76. The van der Waals surface area contributed by atoms with Crippen molar-refractivity contribution in [2.75, 3.05) is 24.3 Å². The molecule has 4 aromatic heterocycles. The van der Waals surface area contributed by atoms with Crippen molar-refractivity contribution in [2.24, 2.45) is 5.41 Å². The molecule has 1 spiro atoms. The minimum atomic E-state index is -2.50. The number of hydrogen-bond donors (Lipinski definition) is 2. The molecule has 3 N–H and O–H groups in total. The molecule has 178 valence electrons. The lowest BCUT2D eigenvalue weighted by molar-refractivity contribution is -0.131. The van der Waals surface area contributed by atoms with Crippen LogP contribution in [0, 0.1) is 12.3 Å². The number of nitrogens with one attached hydrogen (secondary N) is 1. The second-order valence-electron chi connectivity index (χ2n) is 9.45. The van der Waals surface area contributed by atoms with E-state index in [9.17, 15) is 8.78 Å². The van der Waals surface area contributed by atoms with Crippen molar-refractivity contribution < 1.29 is 13.5 Å². The number of nitrogens with two attached hydrogens (primary N) is 1. The number of halogens is 2. The lowest BCUT2D eigenvalue weighted by Gasteiger charge is -2.46. The zero-order chi connectivity index (χ0) is 23.4. The van der Waals surface area contributed by atoms with Crippen molar-refractivity contribution in [3.63, 3.8) is 0 Å². The summed E-state index contributed by atoms with van der Waals surface area (Å²) in [6.07, 6.45) is 3.71. The van der Waals surface area contributed by atoms with Gasteiger partial charge in [-0.15, -0.1) is 5.10 Å². The maximum Gasteiger partial charge on any atom is 0.256 e. The van der Waals surface area contributed by atoms with Gasteiger partial charge in [0.15, 0.2) is 11.5 Å². The Morgan fingerprint density at radius 2 is 1.97 bits per heavy atom. The quantitative estimate of drug-likeness (QED) is 0.460. The van der Waals surface area contributed by atoms with E-state index in [0.717, 1.165) is 44.5 Å². The number of aryl methyl sites for hydroxylation is 1. The monoisotopic (exact) mass is 468 g/mol. The lowest BCUT2D eigenvalue weighted by Crippen LogP contribution is -2.47. The highest BCUT2D eigenvalue weighted by Gasteiger charge is 2.41. The van der Waals surface area contributed by atoms with Crippen LogP contribution in [0.2, 0.25) is 0 Å². The summed E-state index contributed by atoms with van der Waals surface area (Å²) in [4.78, 5) is 13.5. The van der Waals surface area contributed by atoms with Gasteiger partial charge in [-0.25, -0.2) is 23.3 Å². The van der Waals surface area contributed by atoms with E-state index in [1.165, 1.54) is 4.57 Å². The number of anilines is 2. The topological polar surface area (TPSA) is 108 Å². The van der Waals surface area contributed by atoms with Crippen molar-refractivity contribution in [3.05, 3.63) is 30.2 Å². The fourth-order valence-electron chi connectivity index (χ4n) is 5.18. The van der Waals surface area contributed by atoms with Crippen LogP contribution in [0.1, 0.15) is 31.5 Å². The number of hydrogen-bond acceptors (Lipinski definition) is 7. The van der Waals surface area contributed by atoms with E-state index in [1.807, 2.05) is 18.3 Å². The van der Waals surface area contributed by atoms with Gasteiger partial charge in [-0.3, -0.25) is 0 Å². The predicted molar refractivity (Wildman–Crippen MR) is 124 cm³/mol. The molecule has 1 aliphatic carbocycles. The number of ether oxygens (including phenoxy) is 1. The minimum absolute atomic E-state index is 0.306. The molecule has 9 nitrogen and oxygen atoms in total. The molecule has 34 heavy (non-hydrogen) atoms. The predicted octanol–water partition coefficient (Wildman–Crippen LogP) is 3.67. The van der Waals surface area contributed by atoms with E-state index in [2.05, 4.69) is 25.4 Å². The maximum absolute atomic E-state index is 13.1. The molecule has 0 unspecified atom stereocenters. The zero-order valence-corrected chi connectivity index (χ0v) is 18.8. The van der Waals surface area contributed by atoms with Crippen LogP contribution in [-0.4, -0.2) is 54.8 Å². The van der Waals surface area contributed by atoms with Crippen LogP contribution < -0.4 is 11.1 Å². The number of nitrogens with zero attached hydrogens (tertiary/aromatic N) is 6. The van der Waals surface area contributed by atoms with Crippen molar-refractivity contribution in [3.8, 4) is 11.3 Å². The second kappa shape index (κ2) is 7.86. The number of alkyl halides is 2. The molecule has 2 fully saturated rings. The van der Waals surface area contributed by atoms with E-state index in [0.29, 0.717) is 51.4 Å². The van der Waals surface area contributed by atoms with E-state index in [-0.39, 0.29) is 0 Å². The highest BCUT2D eigenvalue weighted by Crippen LogP contribution is 2.42. The molecule has 11 heteroatoms. The molecular weight excluding hydrogens is 442 g/mol. The van der Waals surface area contributed by atoms with E-state index < -0.39 is 13.0 Å². The second-order valence-corrected chi connectivity index (χ2v) is 9.45. The highest BCUT2D eigenvalue weighted by molar-refractivity contribution is 5.88. The Hall–Kier alpha value is -3.34. The summed E-state index contributed by atoms with van der Waals surface area (Å²) >= 11 is 0. The van der Waals surface area contributed by atoms with E-state index in [1.54, 1.807) is 17.5 Å². The largest absolute Gasteiger partial charge is 0.382 e. The van der Waals surface area contributed by atoms with Crippen molar-refractivity contribution in [1.82, 2.24) is 29.1 Å². The summed E-state index contributed by atoms with van der Waals surface area (Å²) in [6.45, 7) is 3.00. The summed E-state index contributed by atoms with van der Waals surface area (Å²) in [5.74, 6) is 1.32. The molecule has 0 aromatic carbocycles. The molecule has 2 aliphatic rings. The average molecular weight is 469 g/mol. The number of nitrogen functional groups attached to an aromatic ring is 1. The Kier molecular flexibility index (Phi) is 4.91. The first kappa shape index (κ1) is 21.2. The van der Waals surface area contributed by atoms with Gasteiger partial charge in [0.25, 0.3) is 6.43 Å². The normalized spacial score (nSPS) is 18.2. The van der Waals surface area contributed by atoms with Crippen LogP contribution in [0.5, 0.6) is 0 Å². The van der Waals surface area contributed by atoms with Gasteiger partial charge in [-0.2, -0.15) is 4.98 Å². The first-order valence-electron chi connectivity index (χ1n) is 11.5. The van der Waals surface area contributed by atoms with E-state index in [4.69, 9.17) is 10.5 Å². The van der Waals surface area contributed by atoms with Crippen LogP contribution in [0.4, 0.5) is 20.5 Å². The maximum atomic E-state index is 13.1. The van der Waals surface area contributed by atoms with Gasteiger partial charge < -0.3 is 20.4 Å². The Morgan fingerprint density at radius 1 is 1.18 bits per heavy atom. The Balaban J connectivity index is 1.29. The van der Waals surface area contributed by atoms with Crippen LogP contribution in [0.3, 0.4) is 0 Å². The molecule has 1 aliphatic heterocycles. The number of fused-ring (bicyclic) bond motifs is 2. The van der Waals surface area contributed by atoms with Crippen LogP contribution in [0.15, 0.2) is 24.4 Å². The summed E-state index contributed by atoms with van der Waals surface area (Å²) < 4.78 is 34.7. The molecule has 0 bridgehead atoms. The lowest BCUT2D eigenvalue weighted by atomic mass is 9.71. The molecule has 0 atom stereocenters. The molecular formula is C23H26F2N8O.